The summed E-state index contributed by atoms with van der Waals surface area (Å²) >= 11 is 0. The van der Waals surface area contributed by atoms with Crippen LogP contribution in [0, 0.1) is 0 Å². The van der Waals surface area contributed by atoms with Crippen molar-refractivity contribution in [3.05, 3.63) is 94.8 Å². The molecule has 0 saturated heterocycles. The molecule has 0 unspecified atom stereocenters. The second kappa shape index (κ2) is 9.39. The number of rotatable bonds is 7. The molecule has 0 bridgehead atoms. The molecule has 1 aromatic heterocycles. The van der Waals surface area contributed by atoms with E-state index < -0.39 is 17.7 Å². The van der Waals surface area contributed by atoms with Gasteiger partial charge in [0.25, 0.3) is 0 Å². The van der Waals surface area contributed by atoms with E-state index in [0.717, 1.165) is 10.9 Å². The summed E-state index contributed by atoms with van der Waals surface area (Å²) in [5.74, 6) is 0.602. The van der Waals surface area contributed by atoms with E-state index in [4.69, 9.17) is 18.6 Å². The summed E-state index contributed by atoms with van der Waals surface area (Å²) < 4.78 is 21.8. The maximum atomic E-state index is 12.6. The van der Waals surface area contributed by atoms with Crippen LogP contribution in [0.1, 0.15) is 18.6 Å². The molecule has 0 fully saturated rings. The molecule has 3 aromatic carbocycles. The molecule has 0 aliphatic carbocycles. The molecule has 4 rings (SSSR count). The van der Waals surface area contributed by atoms with Crippen molar-refractivity contribution in [1.82, 2.24) is 0 Å². The molecule has 32 heavy (non-hydrogen) atoms. The summed E-state index contributed by atoms with van der Waals surface area (Å²) in [6.45, 7) is 1.98. The van der Waals surface area contributed by atoms with E-state index in [1.165, 1.54) is 0 Å². The van der Waals surface area contributed by atoms with Gasteiger partial charge in [0.2, 0.25) is 6.10 Å². The van der Waals surface area contributed by atoms with Gasteiger partial charge >= 0.3 is 11.6 Å². The summed E-state index contributed by atoms with van der Waals surface area (Å²) in [7, 11) is 1.59. The molecule has 6 heteroatoms. The Kier molecular flexibility index (Phi) is 6.22. The van der Waals surface area contributed by atoms with E-state index in [2.05, 4.69) is 0 Å². The molecule has 0 spiro atoms. The highest BCUT2D eigenvalue weighted by Gasteiger charge is 2.24. The van der Waals surface area contributed by atoms with Crippen LogP contribution in [-0.2, 0) is 9.53 Å². The van der Waals surface area contributed by atoms with Crippen LogP contribution in [0.5, 0.6) is 11.5 Å². The van der Waals surface area contributed by atoms with Gasteiger partial charge in [-0.05, 0) is 42.8 Å². The van der Waals surface area contributed by atoms with Gasteiger partial charge in [0.1, 0.15) is 17.1 Å². The third kappa shape index (κ3) is 4.49. The first-order valence-electron chi connectivity index (χ1n) is 10.2. The van der Waals surface area contributed by atoms with Crippen LogP contribution in [0.2, 0.25) is 0 Å². The van der Waals surface area contributed by atoms with Gasteiger partial charge in [-0.1, -0.05) is 42.5 Å². The molecule has 0 N–H and O–H groups in total. The molecule has 0 aliphatic heterocycles. The minimum Gasteiger partial charge on any atom is -0.497 e. The van der Waals surface area contributed by atoms with Crippen LogP contribution in [0.25, 0.3) is 22.1 Å². The van der Waals surface area contributed by atoms with E-state index in [-0.39, 0.29) is 6.61 Å². The lowest BCUT2D eigenvalue weighted by atomic mass is 10.1. The number of methoxy groups -OCH3 is 1. The Labute approximate surface area is 185 Å². The largest absolute Gasteiger partial charge is 0.497 e. The van der Waals surface area contributed by atoms with Crippen molar-refractivity contribution < 1.29 is 23.4 Å². The average molecular weight is 430 g/mol. The zero-order valence-corrected chi connectivity index (χ0v) is 17.7. The van der Waals surface area contributed by atoms with Gasteiger partial charge in [0, 0.05) is 17.0 Å². The molecule has 1 heterocycles. The molecule has 4 aromatic rings. The monoisotopic (exact) mass is 430 g/mol. The summed E-state index contributed by atoms with van der Waals surface area (Å²) in [6.07, 6.45) is -0.932. The highest BCUT2D eigenvalue weighted by molar-refractivity contribution is 5.83. The highest BCUT2D eigenvalue weighted by Crippen LogP contribution is 2.28. The van der Waals surface area contributed by atoms with E-state index >= 15 is 0 Å². The van der Waals surface area contributed by atoms with E-state index in [1.807, 2.05) is 18.2 Å². The second-order valence-electron chi connectivity index (χ2n) is 7.04. The van der Waals surface area contributed by atoms with Gasteiger partial charge in [0.15, 0.2) is 0 Å². The number of fused-ring (bicyclic) bond motifs is 1. The Morgan fingerprint density at radius 2 is 1.66 bits per heavy atom. The van der Waals surface area contributed by atoms with E-state index in [1.54, 1.807) is 74.7 Å². The Balaban J connectivity index is 1.66. The predicted octanol–water partition coefficient (Wildman–Crippen LogP) is 5.15. The fourth-order valence-corrected chi connectivity index (χ4v) is 3.37. The molecule has 162 valence electrons. The minimum atomic E-state index is -0.932. The first kappa shape index (κ1) is 21.2. The quantitative estimate of drug-likeness (QED) is 0.298. The second-order valence-corrected chi connectivity index (χ2v) is 7.04. The van der Waals surface area contributed by atoms with E-state index in [0.29, 0.717) is 28.2 Å². The molecule has 0 saturated carbocycles. The topological polar surface area (TPSA) is 75.0 Å². The van der Waals surface area contributed by atoms with Gasteiger partial charge in [-0.3, -0.25) is 0 Å². The minimum absolute atomic E-state index is 0.242. The molecule has 1 atom stereocenters. The first-order valence-corrected chi connectivity index (χ1v) is 10.2. The molecule has 0 amide bonds. The van der Waals surface area contributed by atoms with Gasteiger partial charge in [-0.2, -0.15) is 0 Å². The summed E-state index contributed by atoms with van der Waals surface area (Å²) in [5.41, 5.74) is 1.74. The fraction of sp³-hybridized carbons (Fsp3) is 0.154. The van der Waals surface area contributed by atoms with Gasteiger partial charge < -0.3 is 18.6 Å². The average Bonchev–Trinajstić information content (AvgIpc) is 2.83. The van der Waals surface area contributed by atoms with Crippen LogP contribution < -0.4 is 15.1 Å². The first-order chi connectivity index (χ1) is 15.6. The van der Waals surface area contributed by atoms with Crippen molar-refractivity contribution in [2.24, 2.45) is 0 Å². The van der Waals surface area contributed by atoms with Crippen molar-refractivity contribution in [3.8, 4) is 22.6 Å². The van der Waals surface area contributed by atoms with Crippen molar-refractivity contribution in [3.63, 3.8) is 0 Å². The Morgan fingerprint density at radius 3 is 2.34 bits per heavy atom. The Morgan fingerprint density at radius 1 is 0.938 bits per heavy atom. The molecular weight excluding hydrogens is 408 g/mol. The lowest BCUT2D eigenvalue weighted by Crippen LogP contribution is -2.21. The zero-order chi connectivity index (χ0) is 22.5. The van der Waals surface area contributed by atoms with Crippen molar-refractivity contribution >= 4 is 16.9 Å². The lowest BCUT2D eigenvalue weighted by Gasteiger charge is -2.18. The summed E-state index contributed by atoms with van der Waals surface area (Å²) in [5, 5.41) is 0.732. The van der Waals surface area contributed by atoms with E-state index in [9.17, 15) is 9.59 Å². The number of esters is 1. The normalized spacial score (nSPS) is 11.7. The fourth-order valence-electron chi connectivity index (χ4n) is 3.37. The third-order valence-electron chi connectivity index (χ3n) is 4.97. The molecule has 0 aliphatic rings. The van der Waals surface area contributed by atoms with Gasteiger partial charge in [-0.25, -0.2) is 9.59 Å². The van der Waals surface area contributed by atoms with Crippen LogP contribution in [-0.4, -0.2) is 19.7 Å². The highest BCUT2D eigenvalue weighted by atomic mass is 16.6. The summed E-state index contributed by atoms with van der Waals surface area (Å²) in [4.78, 5) is 25.1. The standard InChI is InChI=1S/C26H22O6/c1-3-30-26(28)24(18-7-5-4-6-8-18)31-21-14-11-19-15-22(25(27)32-23(19)16-21)17-9-12-20(29-2)13-10-17/h4-16,24H,3H2,1-2H3/t24-/m1/s1. The Hall–Kier alpha value is -4.06. The zero-order valence-electron chi connectivity index (χ0n) is 17.7. The van der Waals surface area contributed by atoms with Crippen LogP contribution >= 0.6 is 0 Å². The molecule has 6 nitrogen and oxygen atoms in total. The SMILES string of the molecule is CCOC(=O)[C@H](Oc1ccc2cc(-c3ccc(OC)cc3)c(=O)oc2c1)c1ccccc1. The number of benzene rings is 3. The van der Waals surface area contributed by atoms with Crippen molar-refractivity contribution in [1.29, 1.82) is 0 Å². The molecule has 0 radical (unpaired) electrons. The van der Waals surface area contributed by atoms with Crippen LogP contribution in [0.15, 0.2) is 88.1 Å². The maximum absolute atomic E-state index is 12.6. The van der Waals surface area contributed by atoms with Crippen molar-refractivity contribution in [2.45, 2.75) is 13.0 Å². The number of ether oxygens (including phenoxy) is 3. The van der Waals surface area contributed by atoms with Crippen molar-refractivity contribution in [2.75, 3.05) is 13.7 Å². The number of hydrogen-bond donors (Lipinski definition) is 0. The molecular formula is C26H22O6. The third-order valence-corrected chi connectivity index (χ3v) is 4.97. The van der Waals surface area contributed by atoms with Crippen LogP contribution in [0.4, 0.5) is 0 Å². The number of hydrogen-bond acceptors (Lipinski definition) is 6. The maximum Gasteiger partial charge on any atom is 0.352 e. The Bertz CT molecular complexity index is 1280. The summed E-state index contributed by atoms with van der Waals surface area (Å²) in [6, 6.07) is 23.2. The smallest absolute Gasteiger partial charge is 0.352 e. The number of carbonyl (C=O) groups excluding carboxylic acids is 1. The van der Waals surface area contributed by atoms with Gasteiger partial charge in [0.05, 0.1) is 19.3 Å². The number of carbonyl (C=O) groups is 1. The van der Waals surface area contributed by atoms with Crippen LogP contribution in [0.3, 0.4) is 0 Å². The predicted molar refractivity (Wildman–Crippen MR) is 121 cm³/mol. The van der Waals surface area contributed by atoms with Gasteiger partial charge in [-0.15, -0.1) is 0 Å². The lowest BCUT2D eigenvalue weighted by molar-refractivity contribution is -0.151.